The standard InChI is InChI=1S/C27H30ClFN4O9S2.C25H26BrF3N4O5S2/c1-4-39-26(35)21-19(31-23(24-30-7-9-43-24)32-22(21)17-6-5-16(29)11-18(17)28)12-33-8-10-44(37,38)13-20(33)25(34)40-14-41-27(36)42-15(2)3;1-3-38-24(35)20-19(11-33-13-25(28,29)10-15(33)9-16(34)12-40(2,36)37)31-22(23-30-6-7-39-23)32-21(20)17-5-4-14(27)8-18(17)26/h5-7,9,11,15,20,22H,4,8,10,12-14H2,1-3H3,(H,31,32);4-8,15,21H,3,9-13H2,1-2H3,(H,31,32)/t20-,22-;15?,21-/m00/s1. The molecule has 6 heterocycles. The highest BCUT2D eigenvalue weighted by Gasteiger charge is 2.47. The van der Waals surface area contributed by atoms with Crippen molar-refractivity contribution < 1.29 is 82.1 Å². The number of esters is 3. The van der Waals surface area contributed by atoms with Gasteiger partial charge in [0, 0.05) is 94.4 Å². The molecule has 84 heavy (non-hydrogen) atoms. The summed E-state index contributed by atoms with van der Waals surface area (Å²) in [5.41, 5.74) is 1.25. The highest BCUT2D eigenvalue weighted by atomic mass is 79.9. The lowest BCUT2D eigenvalue weighted by Gasteiger charge is -2.36. The van der Waals surface area contributed by atoms with Gasteiger partial charge in [0.2, 0.25) is 6.79 Å². The molecule has 4 aliphatic heterocycles. The number of benzene rings is 2. The van der Waals surface area contributed by atoms with Crippen molar-refractivity contribution in [2.24, 2.45) is 9.98 Å². The molecule has 22 nitrogen and oxygen atoms in total. The maximum atomic E-state index is 14.6. The Morgan fingerprint density at radius 2 is 1.38 bits per heavy atom. The third-order valence-corrected chi connectivity index (χ3v) is 17.7. The van der Waals surface area contributed by atoms with E-state index < -0.39 is 135 Å². The second-order valence-electron chi connectivity index (χ2n) is 19.4. The number of hydrogen-bond donors (Lipinski definition) is 2. The molecule has 2 N–H and O–H groups in total. The maximum absolute atomic E-state index is 14.6. The molecule has 32 heteroatoms. The van der Waals surface area contributed by atoms with Gasteiger partial charge in [0.1, 0.15) is 41.3 Å². The van der Waals surface area contributed by atoms with E-state index in [1.54, 1.807) is 50.8 Å². The van der Waals surface area contributed by atoms with Gasteiger partial charge in [0.25, 0.3) is 5.92 Å². The number of aliphatic imine (C=N–C) groups is 2. The number of halogens is 6. The van der Waals surface area contributed by atoms with E-state index in [2.05, 4.69) is 46.5 Å². The number of alkyl halides is 2. The van der Waals surface area contributed by atoms with Crippen LogP contribution in [-0.4, -0.2) is 172 Å². The van der Waals surface area contributed by atoms with E-state index in [9.17, 15) is 58.4 Å². The number of nitrogens with zero attached hydrogens (tertiary/aromatic N) is 6. The van der Waals surface area contributed by atoms with Gasteiger partial charge in [-0.15, -0.1) is 22.7 Å². The van der Waals surface area contributed by atoms with E-state index in [0.717, 1.165) is 12.3 Å². The van der Waals surface area contributed by atoms with Crippen LogP contribution in [0.4, 0.5) is 22.4 Å². The van der Waals surface area contributed by atoms with Crippen LogP contribution in [0.3, 0.4) is 0 Å². The number of aromatic nitrogens is 2. The van der Waals surface area contributed by atoms with Crippen LogP contribution in [0.25, 0.3) is 0 Å². The lowest BCUT2D eigenvalue weighted by molar-refractivity contribution is -0.159. The van der Waals surface area contributed by atoms with Crippen LogP contribution in [0.1, 0.15) is 73.8 Å². The number of thiazole rings is 2. The van der Waals surface area contributed by atoms with Crippen molar-refractivity contribution in [1.29, 1.82) is 0 Å². The fourth-order valence-electron chi connectivity index (χ4n) is 9.21. The number of ether oxygens (including phenoxy) is 5. The van der Waals surface area contributed by atoms with Gasteiger partial charge in [-0.3, -0.25) is 29.4 Å². The van der Waals surface area contributed by atoms with Gasteiger partial charge in [-0.25, -0.2) is 58.7 Å². The smallest absolute Gasteiger partial charge is 0.463 e. The van der Waals surface area contributed by atoms with E-state index >= 15 is 0 Å². The molecule has 2 aromatic carbocycles. The summed E-state index contributed by atoms with van der Waals surface area (Å²) < 4.78 is 131. The van der Waals surface area contributed by atoms with E-state index in [1.165, 1.54) is 62.8 Å². The minimum absolute atomic E-state index is 0.0156. The second kappa shape index (κ2) is 28.3. The van der Waals surface area contributed by atoms with Crippen LogP contribution in [0.15, 0.2) is 96.5 Å². The number of rotatable bonds is 20. The van der Waals surface area contributed by atoms with Crippen molar-refractivity contribution in [2.45, 2.75) is 76.7 Å². The van der Waals surface area contributed by atoms with Crippen LogP contribution >= 0.6 is 50.2 Å². The molecular formula is C52H56BrClF4N8O14S4. The molecular weight excluding hydrogens is 1280 g/mol. The average Bonchev–Trinajstić information content (AvgIpc) is 4.21. The van der Waals surface area contributed by atoms with Crippen molar-refractivity contribution >= 4 is 111 Å². The van der Waals surface area contributed by atoms with E-state index in [4.69, 9.17) is 35.3 Å². The first kappa shape index (κ1) is 65.3. The Labute approximate surface area is 501 Å². The number of likely N-dealkylation sites (tertiary alicyclic amines) is 1. The molecule has 0 radical (unpaired) electrons. The SMILES string of the molecule is CCOC(=O)C1=C(CN2CC(F)(F)CC2CC(=O)CS(C)(=O)=O)NC(c2nccs2)=N[C@H]1c1ccc(F)cc1Br.CCOC(=O)C1=C(CN2CCS(=O)(=O)C[C@H]2C(=O)OCOC(=O)OC(C)C)NC(c2nccs2)=N[C@H]1c1ccc(F)cc1Cl. The molecule has 0 spiro atoms. The highest BCUT2D eigenvalue weighted by molar-refractivity contribution is 9.10. The average molecular weight is 1340 g/mol. The van der Waals surface area contributed by atoms with Gasteiger partial charge in [0.15, 0.2) is 41.4 Å². The zero-order valence-electron chi connectivity index (χ0n) is 45.4. The molecule has 2 fully saturated rings. The predicted octanol–water partition coefficient (Wildman–Crippen LogP) is 6.67. The molecule has 4 atom stereocenters. The monoisotopic (exact) mass is 1330 g/mol. The molecule has 1 unspecified atom stereocenters. The number of nitrogens with one attached hydrogen (secondary N) is 2. The molecule has 8 rings (SSSR count). The Balaban J connectivity index is 0.000000242. The largest absolute Gasteiger partial charge is 0.511 e. The number of carbonyl (C=O) groups excluding carboxylic acids is 5. The van der Waals surface area contributed by atoms with Crippen molar-refractivity contribution in [3.8, 4) is 0 Å². The topological polar surface area (TPSA) is 281 Å². The maximum Gasteiger partial charge on any atom is 0.511 e. The minimum Gasteiger partial charge on any atom is -0.463 e. The van der Waals surface area contributed by atoms with Crippen LogP contribution in [0.2, 0.25) is 5.02 Å². The molecule has 454 valence electrons. The summed E-state index contributed by atoms with van der Waals surface area (Å²) in [5.74, 6) is -8.43. The molecule has 0 aliphatic carbocycles. The van der Waals surface area contributed by atoms with Crippen molar-refractivity contribution in [3.05, 3.63) is 124 Å². The van der Waals surface area contributed by atoms with E-state index in [1.807, 2.05) is 0 Å². The first-order valence-electron chi connectivity index (χ1n) is 25.6. The molecule has 0 bridgehead atoms. The van der Waals surface area contributed by atoms with Crippen molar-refractivity contribution in [2.75, 3.05) is 69.7 Å². The molecule has 0 saturated carbocycles. The summed E-state index contributed by atoms with van der Waals surface area (Å²) in [6.07, 6.45) is 1.46. The minimum atomic E-state index is -3.64. The summed E-state index contributed by atoms with van der Waals surface area (Å²) in [5, 5.41) is 10.6. The molecule has 4 aliphatic rings. The van der Waals surface area contributed by atoms with Crippen LogP contribution in [0.5, 0.6) is 0 Å². The second-order valence-corrected chi connectivity index (χ2v) is 26.8. The zero-order valence-corrected chi connectivity index (χ0v) is 51.1. The summed E-state index contributed by atoms with van der Waals surface area (Å²) in [4.78, 5) is 84.7. The van der Waals surface area contributed by atoms with Crippen molar-refractivity contribution in [3.63, 3.8) is 0 Å². The Bertz CT molecular complexity index is 3480. The van der Waals surface area contributed by atoms with E-state index in [0.29, 0.717) is 25.6 Å². The lowest BCUT2D eigenvalue weighted by atomic mass is 9.95. The van der Waals surface area contributed by atoms with Gasteiger partial charge in [-0.1, -0.05) is 39.7 Å². The normalized spacial score (nSPS) is 20.6. The molecule has 2 aromatic heterocycles. The molecule has 4 aromatic rings. The Morgan fingerprint density at radius 1 is 0.833 bits per heavy atom. The summed E-state index contributed by atoms with van der Waals surface area (Å²) >= 11 is 12.3. The van der Waals surface area contributed by atoms with Gasteiger partial charge >= 0.3 is 24.1 Å². The van der Waals surface area contributed by atoms with Crippen LogP contribution in [0, 0.1) is 11.6 Å². The van der Waals surface area contributed by atoms with Crippen LogP contribution < -0.4 is 10.6 Å². The molecule has 2 saturated heterocycles. The predicted molar refractivity (Wildman–Crippen MR) is 304 cm³/mol. The molecule has 0 amide bonds. The number of ketones is 1. The number of carbonyl (C=O) groups is 5. The number of sulfone groups is 2. The zero-order chi connectivity index (χ0) is 61.3. The van der Waals surface area contributed by atoms with E-state index in [-0.39, 0.29) is 77.8 Å². The Hall–Kier alpha value is -6.22. The summed E-state index contributed by atoms with van der Waals surface area (Å²) in [6, 6.07) is 3.25. The lowest BCUT2D eigenvalue weighted by Crippen LogP contribution is -2.55. The number of amidine groups is 2. The van der Waals surface area contributed by atoms with Gasteiger partial charge in [-0.05, 0) is 57.5 Å². The highest BCUT2D eigenvalue weighted by Crippen LogP contribution is 2.41. The quantitative estimate of drug-likeness (QED) is 0.0404. The summed E-state index contributed by atoms with van der Waals surface area (Å²) in [6.45, 7) is 4.54. The summed E-state index contributed by atoms with van der Waals surface area (Å²) in [7, 11) is -7.28. The fraction of sp³-hybridized carbons (Fsp3) is 0.442. The number of hydrogen-bond acceptors (Lipinski definition) is 24. The van der Waals surface area contributed by atoms with Crippen molar-refractivity contribution in [1.82, 2.24) is 30.4 Å². The first-order chi connectivity index (χ1) is 39.6. The van der Waals surface area contributed by atoms with Gasteiger partial charge in [-0.2, -0.15) is 0 Å². The first-order valence-corrected chi connectivity index (χ1v) is 32.4. The third-order valence-electron chi connectivity index (χ3n) is 12.6. The third kappa shape index (κ3) is 17.5. The van der Waals surface area contributed by atoms with Crippen LogP contribution in [-0.2, 0) is 62.5 Å². The Kier molecular flexibility index (Phi) is 22.0. The fourth-order valence-corrected chi connectivity index (χ4v) is 13.4. The number of Topliss-reactive ketones (excluding diaryl/α,β-unsaturated/α-hetero) is 1. The van der Waals surface area contributed by atoms with Gasteiger partial charge < -0.3 is 34.3 Å². The Morgan fingerprint density at radius 3 is 1.89 bits per heavy atom. The van der Waals surface area contributed by atoms with Gasteiger partial charge in [0.05, 0.1) is 48.5 Å².